The molecule has 0 heterocycles. The molecule has 0 fully saturated rings. The maximum Gasteiger partial charge on any atom is 0.237 e. The van der Waals surface area contributed by atoms with Gasteiger partial charge in [0.25, 0.3) is 0 Å². The number of rotatable bonds is 6. The van der Waals surface area contributed by atoms with Crippen molar-refractivity contribution >= 4 is 15.7 Å². The van der Waals surface area contributed by atoms with Crippen LogP contribution in [0.15, 0.2) is 12.7 Å². The first-order chi connectivity index (χ1) is 6.37. The maximum atomic E-state index is 11.1. The second kappa shape index (κ2) is 5.77. The Morgan fingerprint density at radius 3 is 2.64 bits per heavy atom. The van der Waals surface area contributed by atoms with Gasteiger partial charge >= 0.3 is 0 Å². The van der Waals surface area contributed by atoms with E-state index in [2.05, 4.69) is 11.9 Å². The molecule has 0 aromatic rings. The highest BCUT2D eigenvalue weighted by Crippen LogP contribution is 1.88. The van der Waals surface area contributed by atoms with Crippen LogP contribution in [0.25, 0.3) is 0 Å². The van der Waals surface area contributed by atoms with Crippen LogP contribution in [0.3, 0.4) is 0 Å². The highest BCUT2D eigenvalue weighted by Gasteiger charge is 2.11. The van der Waals surface area contributed by atoms with E-state index in [0.29, 0.717) is 6.42 Å². The van der Waals surface area contributed by atoms with Crippen LogP contribution in [-0.2, 0) is 14.6 Å². The van der Waals surface area contributed by atoms with Crippen molar-refractivity contribution in [3.05, 3.63) is 12.7 Å². The van der Waals surface area contributed by atoms with Gasteiger partial charge in [0.1, 0.15) is 9.84 Å². The fraction of sp³-hybridized carbons (Fsp3) is 0.625. The van der Waals surface area contributed by atoms with Crippen molar-refractivity contribution < 1.29 is 13.2 Å². The first-order valence-electron chi connectivity index (χ1n) is 4.18. The van der Waals surface area contributed by atoms with E-state index in [1.807, 2.05) is 0 Å². The summed E-state index contributed by atoms with van der Waals surface area (Å²) in [4.78, 5) is 11.1. The standard InChI is InChI=1S/C8H16N2O3S/c1-3-4-7(9)8(11)10-5-6-14(2,12)13/h3,7H,1,4-6,9H2,2H3,(H,10,11). The Labute approximate surface area is 84.3 Å². The molecule has 5 nitrogen and oxygen atoms in total. The van der Waals surface area contributed by atoms with Crippen LogP contribution in [0.5, 0.6) is 0 Å². The summed E-state index contributed by atoms with van der Waals surface area (Å²) in [6.45, 7) is 3.55. The van der Waals surface area contributed by atoms with Crippen LogP contribution in [0, 0.1) is 0 Å². The van der Waals surface area contributed by atoms with Gasteiger partial charge in [0.2, 0.25) is 5.91 Å². The minimum Gasteiger partial charge on any atom is -0.354 e. The Morgan fingerprint density at radius 2 is 2.21 bits per heavy atom. The highest BCUT2D eigenvalue weighted by molar-refractivity contribution is 7.90. The largest absolute Gasteiger partial charge is 0.354 e. The third kappa shape index (κ3) is 6.62. The lowest BCUT2D eigenvalue weighted by molar-refractivity contribution is -0.122. The van der Waals surface area contributed by atoms with Gasteiger partial charge in [-0.15, -0.1) is 6.58 Å². The van der Waals surface area contributed by atoms with Gasteiger partial charge in [-0.25, -0.2) is 8.42 Å². The van der Waals surface area contributed by atoms with E-state index in [1.54, 1.807) is 6.08 Å². The molecular weight excluding hydrogens is 204 g/mol. The molecule has 0 aliphatic heterocycles. The lowest BCUT2D eigenvalue weighted by Crippen LogP contribution is -2.41. The third-order valence-corrected chi connectivity index (χ3v) is 2.48. The number of sulfone groups is 1. The monoisotopic (exact) mass is 220 g/mol. The Hall–Kier alpha value is -0.880. The van der Waals surface area contributed by atoms with Gasteiger partial charge in [0, 0.05) is 12.8 Å². The molecule has 0 aromatic heterocycles. The smallest absolute Gasteiger partial charge is 0.237 e. The number of nitrogens with two attached hydrogens (primary N) is 1. The first kappa shape index (κ1) is 13.1. The zero-order valence-electron chi connectivity index (χ0n) is 8.19. The van der Waals surface area contributed by atoms with E-state index < -0.39 is 15.9 Å². The molecule has 0 saturated heterocycles. The van der Waals surface area contributed by atoms with E-state index >= 15 is 0 Å². The molecule has 0 rings (SSSR count). The summed E-state index contributed by atoms with van der Waals surface area (Å²) in [6.07, 6.45) is 3.04. The summed E-state index contributed by atoms with van der Waals surface area (Å²) in [5.41, 5.74) is 5.44. The molecule has 0 spiro atoms. The first-order valence-corrected chi connectivity index (χ1v) is 6.25. The predicted octanol–water partition coefficient (Wildman–Crippen LogP) is -0.949. The van der Waals surface area contributed by atoms with E-state index in [1.165, 1.54) is 0 Å². The van der Waals surface area contributed by atoms with Crippen LogP contribution in [0.2, 0.25) is 0 Å². The number of hydrogen-bond donors (Lipinski definition) is 2. The van der Waals surface area contributed by atoms with Crippen molar-refractivity contribution in [1.82, 2.24) is 5.32 Å². The molecule has 1 atom stereocenters. The zero-order chi connectivity index (χ0) is 11.2. The molecule has 3 N–H and O–H groups in total. The van der Waals surface area contributed by atoms with Gasteiger partial charge in [0.05, 0.1) is 11.8 Å². The van der Waals surface area contributed by atoms with Gasteiger partial charge in [-0.05, 0) is 6.42 Å². The second-order valence-electron chi connectivity index (χ2n) is 3.05. The van der Waals surface area contributed by atoms with Gasteiger partial charge in [-0.2, -0.15) is 0 Å². The summed E-state index contributed by atoms with van der Waals surface area (Å²) in [5.74, 6) is -0.423. The van der Waals surface area contributed by atoms with E-state index in [9.17, 15) is 13.2 Å². The summed E-state index contributed by atoms with van der Waals surface area (Å²) >= 11 is 0. The van der Waals surface area contributed by atoms with Crippen molar-refractivity contribution in [2.24, 2.45) is 5.73 Å². The average molecular weight is 220 g/mol. The lowest BCUT2D eigenvalue weighted by Gasteiger charge is -2.09. The van der Waals surface area contributed by atoms with Crippen LogP contribution in [-0.4, -0.2) is 38.9 Å². The van der Waals surface area contributed by atoms with Gasteiger partial charge < -0.3 is 11.1 Å². The zero-order valence-corrected chi connectivity index (χ0v) is 9.01. The Kier molecular flexibility index (Phi) is 5.40. The number of amides is 1. The molecule has 0 bridgehead atoms. The number of nitrogens with one attached hydrogen (secondary N) is 1. The molecule has 0 aromatic carbocycles. The summed E-state index contributed by atoms with van der Waals surface area (Å²) < 4.78 is 21.4. The molecule has 0 aliphatic carbocycles. The van der Waals surface area contributed by atoms with Crippen molar-refractivity contribution in [1.29, 1.82) is 0 Å². The Bertz CT molecular complexity index is 298. The fourth-order valence-corrected chi connectivity index (χ4v) is 1.25. The van der Waals surface area contributed by atoms with Crippen molar-refractivity contribution in [2.75, 3.05) is 18.6 Å². The van der Waals surface area contributed by atoms with Crippen LogP contribution >= 0.6 is 0 Å². The average Bonchev–Trinajstić information content (AvgIpc) is 2.02. The van der Waals surface area contributed by atoms with Crippen LogP contribution in [0.1, 0.15) is 6.42 Å². The van der Waals surface area contributed by atoms with Crippen molar-refractivity contribution in [3.63, 3.8) is 0 Å². The van der Waals surface area contributed by atoms with Crippen LogP contribution in [0.4, 0.5) is 0 Å². The van der Waals surface area contributed by atoms with Crippen molar-refractivity contribution in [3.8, 4) is 0 Å². The maximum absolute atomic E-state index is 11.1. The number of hydrogen-bond acceptors (Lipinski definition) is 4. The molecular formula is C8H16N2O3S. The normalized spacial score (nSPS) is 13.3. The lowest BCUT2D eigenvalue weighted by atomic mass is 10.2. The summed E-state index contributed by atoms with van der Waals surface area (Å²) in [7, 11) is -3.03. The molecule has 6 heteroatoms. The van der Waals surface area contributed by atoms with Crippen LogP contribution < -0.4 is 11.1 Å². The Morgan fingerprint density at radius 1 is 1.64 bits per heavy atom. The van der Waals surface area contributed by atoms with Gasteiger partial charge in [-0.3, -0.25) is 4.79 Å². The summed E-state index contributed by atoms with van der Waals surface area (Å²) in [5, 5.41) is 2.43. The topological polar surface area (TPSA) is 89.3 Å². The second-order valence-corrected chi connectivity index (χ2v) is 5.31. The SMILES string of the molecule is C=CCC(N)C(=O)NCCS(C)(=O)=O. The van der Waals surface area contributed by atoms with E-state index in [4.69, 9.17) is 5.73 Å². The number of carbonyl (C=O) groups excluding carboxylic acids is 1. The minimum absolute atomic E-state index is 0.0699. The fourth-order valence-electron chi connectivity index (χ4n) is 0.777. The van der Waals surface area contributed by atoms with Crippen molar-refractivity contribution in [2.45, 2.75) is 12.5 Å². The third-order valence-electron chi connectivity index (χ3n) is 1.53. The quantitative estimate of drug-likeness (QED) is 0.565. The Balaban J connectivity index is 3.80. The molecule has 0 aliphatic rings. The van der Waals surface area contributed by atoms with E-state index in [0.717, 1.165) is 6.26 Å². The number of carbonyl (C=O) groups is 1. The molecule has 0 radical (unpaired) electrons. The molecule has 82 valence electrons. The predicted molar refractivity (Wildman–Crippen MR) is 55.5 cm³/mol. The molecule has 14 heavy (non-hydrogen) atoms. The highest BCUT2D eigenvalue weighted by atomic mass is 32.2. The van der Waals surface area contributed by atoms with Gasteiger partial charge in [0.15, 0.2) is 0 Å². The van der Waals surface area contributed by atoms with E-state index in [-0.39, 0.29) is 18.2 Å². The van der Waals surface area contributed by atoms with Gasteiger partial charge in [-0.1, -0.05) is 6.08 Å². The molecule has 1 amide bonds. The summed E-state index contributed by atoms with van der Waals surface area (Å²) in [6, 6.07) is -0.646. The molecule has 0 saturated carbocycles. The molecule has 1 unspecified atom stereocenters. The minimum atomic E-state index is -3.03.